The van der Waals surface area contributed by atoms with Crippen LogP contribution in [0.2, 0.25) is 0 Å². The predicted octanol–water partition coefficient (Wildman–Crippen LogP) is 19.5. The number of hydrogen-bond acceptors (Lipinski definition) is 1. The quantitative estimate of drug-likeness (QED) is 0.140. The van der Waals surface area contributed by atoms with Crippen molar-refractivity contribution < 1.29 is 0 Å². The second kappa shape index (κ2) is 18.0. The van der Waals surface area contributed by atoms with Crippen molar-refractivity contribution in [1.82, 2.24) is 0 Å². The van der Waals surface area contributed by atoms with Crippen LogP contribution in [-0.4, -0.2) is 0 Å². The van der Waals surface area contributed by atoms with Crippen molar-refractivity contribution in [2.45, 2.75) is 20.8 Å². The van der Waals surface area contributed by atoms with E-state index in [1.54, 1.807) is 0 Å². The topological polar surface area (TPSA) is 3.24 Å². The van der Waals surface area contributed by atoms with Crippen LogP contribution in [0.4, 0.5) is 17.1 Å². The molecule has 12 aromatic carbocycles. The normalized spacial score (nSPS) is 11.4. The Labute approximate surface area is 411 Å². The van der Waals surface area contributed by atoms with E-state index in [0.29, 0.717) is 0 Å². The summed E-state index contributed by atoms with van der Waals surface area (Å²) in [5.74, 6) is 0. The van der Waals surface area contributed by atoms with E-state index in [9.17, 15) is 0 Å². The van der Waals surface area contributed by atoms with Crippen LogP contribution in [0.15, 0.2) is 255 Å². The first-order chi connectivity index (χ1) is 34.4. The van der Waals surface area contributed by atoms with E-state index in [-0.39, 0.29) is 0 Å². The summed E-state index contributed by atoms with van der Waals surface area (Å²) in [4.78, 5) is 2.38. The van der Waals surface area contributed by atoms with Gasteiger partial charge in [0, 0.05) is 17.1 Å². The highest BCUT2D eigenvalue weighted by atomic mass is 15.1. The molecule has 0 radical (unpaired) electrons. The van der Waals surface area contributed by atoms with Gasteiger partial charge in [-0.2, -0.15) is 0 Å². The van der Waals surface area contributed by atoms with Gasteiger partial charge in [0.05, 0.1) is 0 Å². The lowest BCUT2D eigenvalue weighted by atomic mass is 9.92. The summed E-state index contributed by atoms with van der Waals surface area (Å²) in [6.45, 7) is 6.64. The van der Waals surface area contributed by atoms with Crippen molar-refractivity contribution >= 4 is 49.4 Å². The molecule has 0 spiro atoms. The summed E-state index contributed by atoms with van der Waals surface area (Å²) in [7, 11) is 0. The lowest BCUT2D eigenvalue weighted by Gasteiger charge is -2.26. The first-order valence-corrected chi connectivity index (χ1v) is 24.3. The fourth-order valence-electron chi connectivity index (χ4n) is 10.6. The average Bonchev–Trinajstić information content (AvgIpc) is 3.42. The van der Waals surface area contributed by atoms with E-state index in [1.165, 1.54) is 116 Å². The zero-order valence-electron chi connectivity index (χ0n) is 39.7. The van der Waals surface area contributed by atoms with Crippen LogP contribution in [-0.2, 0) is 0 Å². The van der Waals surface area contributed by atoms with Gasteiger partial charge in [-0.05, 0) is 191 Å². The molecule has 0 saturated heterocycles. The molecule has 0 aliphatic carbocycles. The maximum atomic E-state index is 2.38. The minimum atomic E-state index is 1.09. The minimum absolute atomic E-state index is 1.09. The molecular formula is C69H51N. The van der Waals surface area contributed by atoms with Gasteiger partial charge < -0.3 is 4.90 Å². The Balaban J connectivity index is 0.922. The fourth-order valence-corrected chi connectivity index (χ4v) is 10.6. The smallest absolute Gasteiger partial charge is 0.0462 e. The molecule has 0 aliphatic rings. The van der Waals surface area contributed by atoms with Gasteiger partial charge in [-0.1, -0.05) is 200 Å². The van der Waals surface area contributed by atoms with Crippen molar-refractivity contribution in [3.05, 3.63) is 271 Å². The Morgan fingerprint density at radius 2 is 0.471 bits per heavy atom. The molecule has 0 amide bonds. The number of anilines is 3. The summed E-state index contributed by atoms with van der Waals surface area (Å²) in [5.41, 5.74) is 21.7. The molecule has 12 rings (SSSR count). The Morgan fingerprint density at radius 3 is 0.771 bits per heavy atom. The van der Waals surface area contributed by atoms with Gasteiger partial charge in [-0.25, -0.2) is 0 Å². The van der Waals surface area contributed by atoms with Gasteiger partial charge in [-0.3, -0.25) is 0 Å². The molecule has 0 saturated carbocycles. The molecule has 1 heteroatoms. The molecule has 0 N–H and O–H groups in total. The molecule has 0 atom stereocenters. The third-order valence-electron chi connectivity index (χ3n) is 14.3. The molecule has 1 nitrogen and oxygen atoms in total. The lowest BCUT2D eigenvalue weighted by molar-refractivity contribution is 1.28. The van der Waals surface area contributed by atoms with Crippen molar-refractivity contribution in [2.75, 3.05) is 4.90 Å². The number of nitrogens with zero attached hydrogens (tertiary/aromatic N) is 1. The Hall–Kier alpha value is -8.78. The van der Waals surface area contributed by atoms with Crippen molar-refractivity contribution in [3.8, 4) is 66.8 Å². The van der Waals surface area contributed by atoms with E-state index in [4.69, 9.17) is 0 Å². The predicted molar refractivity (Wildman–Crippen MR) is 300 cm³/mol. The van der Waals surface area contributed by atoms with Crippen LogP contribution in [0.3, 0.4) is 0 Å². The third kappa shape index (κ3) is 7.92. The summed E-state index contributed by atoms with van der Waals surface area (Å²) in [6.07, 6.45) is 0. The summed E-state index contributed by atoms with van der Waals surface area (Å²) >= 11 is 0. The van der Waals surface area contributed by atoms with Crippen molar-refractivity contribution in [1.29, 1.82) is 0 Å². The van der Waals surface area contributed by atoms with Gasteiger partial charge in [0.2, 0.25) is 0 Å². The first-order valence-electron chi connectivity index (χ1n) is 24.3. The van der Waals surface area contributed by atoms with Crippen LogP contribution >= 0.6 is 0 Å². The van der Waals surface area contributed by atoms with E-state index in [2.05, 4.69) is 280 Å². The van der Waals surface area contributed by atoms with Crippen LogP contribution < -0.4 is 4.90 Å². The number of fused-ring (bicyclic) bond motifs is 3. The van der Waals surface area contributed by atoms with Gasteiger partial charge in [-0.15, -0.1) is 0 Å². The SMILES string of the molecule is Cc1ccc(-c2cccc3ccccc23)cc1-c1ccc(N(c2ccc(-c3cc(-c4cccc5ccccc45)ccc3C)cc2)c2ccc(-c3cc(-c4cccc5ccccc45)ccc3C)cc2)cc1. The maximum Gasteiger partial charge on any atom is 0.0462 e. The zero-order chi connectivity index (χ0) is 47.1. The highest BCUT2D eigenvalue weighted by molar-refractivity contribution is 6.00. The monoisotopic (exact) mass is 893 g/mol. The molecule has 0 heterocycles. The largest absolute Gasteiger partial charge is 0.311 e. The van der Waals surface area contributed by atoms with Gasteiger partial charge in [0.15, 0.2) is 0 Å². The van der Waals surface area contributed by atoms with Crippen LogP contribution in [0, 0.1) is 20.8 Å². The lowest BCUT2D eigenvalue weighted by Crippen LogP contribution is -2.10. The molecule has 0 unspecified atom stereocenters. The Morgan fingerprint density at radius 1 is 0.214 bits per heavy atom. The highest BCUT2D eigenvalue weighted by Crippen LogP contribution is 2.41. The van der Waals surface area contributed by atoms with Crippen LogP contribution in [0.25, 0.3) is 99.1 Å². The summed E-state index contributed by atoms with van der Waals surface area (Å²) in [5, 5.41) is 7.56. The second-order valence-corrected chi connectivity index (χ2v) is 18.6. The number of hydrogen-bond donors (Lipinski definition) is 0. The Kier molecular flexibility index (Phi) is 11.0. The molecule has 0 bridgehead atoms. The Bertz CT molecular complexity index is 3470. The third-order valence-corrected chi connectivity index (χ3v) is 14.3. The number of rotatable bonds is 9. The summed E-state index contributed by atoms with van der Waals surface area (Å²) in [6, 6.07) is 93.7. The zero-order valence-corrected chi connectivity index (χ0v) is 39.7. The van der Waals surface area contributed by atoms with E-state index >= 15 is 0 Å². The van der Waals surface area contributed by atoms with Gasteiger partial charge >= 0.3 is 0 Å². The number of aryl methyl sites for hydroxylation is 3. The van der Waals surface area contributed by atoms with E-state index in [1.807, 2.05) is 0 Å². The van der Waals surface area contributed by atoms with E-state index < -0.39 is 0 Å². The molecule has 332 valence electrons. The minimum Gasteiger partial charge on any atom is -0.311 e. The molecule has 0 aliphatic heterocycles. The fraction of sp³-hybridized carbons (Fsp3) is 0.0435. The molecular weight excluding hydrogens is 843 g/mol. The van der Waals surface area contributed by atoms with Crippen LogP contribution in [0.1, 0.15) is 16.7 Å². The van der Waals surface area contributed by atoms with Gasteiger partial charge in [0.25, 0.3) is 0 Å². The molecule has 70 heavy (non-hydrogen) atoms. The molecule has 0 fully saturated rings. The average molecular weight is 894 g/mol. The second-order valence-electron chi connectivity index (χ2n) is 18.6. The molecule has 0 aromatic heterocycles. The highest BCUT2D eigenvalue weighted by Gasteiger charge is 2.17. The van der Waals surface area contributed by atoms with Crippen molar-refractivity contribution in [3.63, 3.8) is 0 Å². The standard InChI is InChI=1S/C69H51N/c1-46-25-28-55(64-22-10-16-49-13-4-7-19-61(49)64)43-67(46)52-31-37-58(38-32-52)70(59-39-33-53(34-40-59)68-44-56(29-26-47(68)2)65-23-11-17-50-14-5-8-20-62(50)65)60-41-35-54(36-42-60)69-45-57(30-27-48(69)3)66-24-12-18-51-15-6-9-21-63(51)66/h4-45H,1-3H3. The van der Waals surface area contributed by atoms with Crippen LogP contribution in [0.5, 0.6) is 0 Å². The summed E-state index contributed by atoms with van der Waals surface area (Å²) < 4.78 is 0. The van der Waals surface area contributed by atoms with E-state index in [0.717, 1.165) is 17.1 Å². The van der Waals surface area contributed by atoms with Gasteiger partial charge in [0.1, 0.15) is 0 Å². The maximum absolute atomic E-state index is 2.38. The first kappa shape index (κ1) is 42.6. The van der Waals surface area contributed by atoms with Crippen molar-refractivity contribution in [2.24, 2.45) is 0 Å². The molecule has 12 aromatic rings. The number of benzene rings is 12.